The third-order valence-corrected chi connectivity index (χ3v) is 2.75. The lowest BCUT2D eigenvalue weighted by Gasteiger charge is -2.13. The second-order valence-electron chi connectivity index (χ2n) is 4.26. The van der Waals surface area contributed by atoms with E-state index in [0.29, 0.717) is 11.3 Å². The van der Waals surface area contributed by atoms with E-state index in [1.807, 2.05) is 31.2 Å². The van der Waals surface area contributed by atoms with Gasteiger partial charge in [0.05, 0.1) is 17.8 Å². The van der Waals surface area contributed by atoms with Crippen molar-refractivity contribution in [2.45, 2.75) is 13.0 Å². The Morgan fingerprint density at radius 2 is 2.06 bits per heavy atom. The van der Waals surface area contributed by atoms with Crippen molar-refractivity contribution in [3.05, 3.63) is 47.8 Å². The van der Waals surface area contributed by atoms with Gasteiger partial charge in [0.1, 0.15) is 0 Å². The van der Waals surface area contributed by atoms with E-state index in [1.165, 1.54) is 0 Å². The summed E-state index contributed by atoms with van der Waals surface area (Å²) in [6.07, 6.45) is 3.23. The van der Waals surface area contributed by atoms with E-state index in [0.717, 1.165) is 5.56 Å². The molecule has 0 bridgehead atoms. The molecule has 1 unspecified atom stereocenters. The topological polar surface area (TPSA) is 72.9 Å². The molecule has 0 aliphatic rings. The van der Waals surface area contributed by atoms with E-state index >= 15 is 0 Å². The minimum absolute atomic E-state index is 0.0710. The lowest BCUT2D eigenvalue weighted by atomic mass is 10.1. The normalized spacial score (nSPS) is 12.1. The number of nitrogens with two attached hydrogens (primary N) is 1. The second kappa shape index (κ2) is 4.91. The number of hydrogen-bond donors (Lipinski definition) is 2. The van der Waals surface area contributed by atoms with Crippen LogP contribution < -0.4 is 11.1 Å². The Hall–Kier alpha value is -2.30. The standard InChI is InChI=1S/C13H16N4O/c1-9(10-3-5-12(14)6-4-10)16-13(18)11-7-15-17(2)8-11/h3-9H,14H2,1-2H3,(H,16,18). The number of nitrogens with zero attached hydrogens (tertiary/aromatic N) is 2. The summed E-state index contributed by atoms with van der Waals surface area (Å²) in [5, 5.41) is 6.88. The minimum Gasteiger partial charge on any atom is -0.399 e. The molecule has 0 aliphatic carbocycles. The van der Waals surface area contributed by atoms with Crippen molar-refractivity contribution < 1.29 is 4.79 Å². The molecule has 5 nitrogen and oxygen atoms in total. The number of hydrogen-bond acceptors (Lipinski definition) is 3. The van der Waals surface area contributed by atoms with Gasteiger partial charge in [0.2, 0.25) is 0 Å². The van der Waals surface area contributed by atoms with Crippen molar-refractivity contribution in [3.63, 3.8) is 0 Å². The first kappa shape index (κ1) is 12.2. The molecule has 0 radical (unpaired) electrons. The molecule has 2 rings (SSSR count). The second-order valence-corrected chi connectivity index (χ2v) is 4.26. The van der Waals surface area contributed by atoms with Crippen LogP contribution in [0.3, 0.4) is 0 Å². The maximum atomic E-state index is 11.9. The highest BCUT2D eigenvalue weighted by Crippen LogP contribution is 2.14. The molecule has 18 heavy (non-hydrogen) atoms. The maximum absolute atomic E-state index is 11.9. The number of carbonyl (C=O) groups is 1. The predicted molar refractivity (Wildman–Crippen MR) is 69.9 cm³/mol. The number of amides is 1. The Kier molecular flexibility index (Phi) is 3.32. The van der Waals surface area contributed by atoms with Crippen molar-refractivity contribution in [2.75, 3.05) is 5.73 Å². The van der Waals surface area contributed by atoms with E-state index < -0.39 is 0 Å². The fraction of sp³-hybridized carbons (Fsp3) is 0.231. The third kappa shape index (κ3) is 2.68. The minimum atomic E-state index is -0.132. The molecule has 0 spiro atoms. The van der Waals surface area contributed by atoms with Crippen LogP contribution in [0.1, 0.15) is 28.9 Å². The Morgan fingerprint density at radius 3 is 2.61 bits per heavy atom. The molecular weight excluding hydrogens is 228 g/mol. The molecule has 0 saturated carbocycles. The van der Waals surface area contributed by atoms with Gasteiger partial charge in [-0.15, -0.1) is 0 Å². The largest absolute Gasteiger partial charge is 0.399 e. The summed E-state index contributed by atoms with van der Waals surface area (Å²) in [5.41, 5.74) is 7.91. The van der Waals surface area contributed by atoms with Gasteiger partial charge in [-0.25, -0.2) is 0 Å². The number of nitrogens with one attached hydrogen (secondary N) is 1. The first-order valence-electron chi connectivity index (χ1n) is 5.71. The van der Waals surface area contributed by atoms with Crippen molar-refractivity contribution in [1.82, 2.24) is 15.1 Å². The SMILES string of the molecule is CC(NC(=O)c1cnn(C)c1)c1ccc(N)cc1. The van der Waals surface area contributed by atoms with Crippen molar-refractivity contribution in [2.24, 2.45) is 7.05 Å². The van der Waals surface area contributed by atoms with E-state index in [2.05, 4.69) is 10.4 Å². The Bertz CT molecular complexity index is 544. The first-order valence-corrected chi connectivity index (χ1v) is 5.71. The summed E-state index contributed by atoms with van der Waals surface area (Å²) in [7, 11) is 1.78. The van der Waals surface area contributed by atoms with Gasteiger partial charge in [-0.1, -0.05) is 12.1 Å². The smallest absolute Gasteiger partial charge is 0.254 e. The lowest BCUT2D eigenvalue weighted by Crippen LogP contribution is -2.26. The van der Waals surface area contributed by atoms with Gasteiger partial charge in [-0.05, 0) is 24.6 Å². The third-order valence-electron chi connectivity index (χ3n) is 2.75. The van der Waals surface area contributed by atoms with Gasteiger partial charge >= 0.3 is 0 Å². The summed E-state index contributed by atoms with van der Waals surface area (Å²) < 4.78 is 1.60. The molecule has 1 atom stereocenters. The van der Waals surface area contributed by atoms with E-state index in [4.69, 9.17) is 5.73 Å². The molecule has 0 aliphatic heterocycles. The number of anilines is 1. The van der Waals surface area contributed by atoms with Crippen LogP contribution in [0.2, 0.25) is 0 Å². The number of carbonyl (C=O) groups excluding carboxylic acids is 1. The van der Waals surface area contributed by atoms with Gasteiger partial charge < -0.3 is 11.1 Å². The fourth-order valence-corrected chi connectivity index (χ4v) is 1.69. The van der Waals surface area contributed by atoms with Crippen LogP contribution in [-0.2, 0) is 7.05 Å². The van der Waals surface area contributed by atoms with Crippen LogP contribution in [0, 0.1) is 0 Å². The maximum Gasteiger partial charge on any atom is 0.254 e. The van der Waals surface area contributed by atoms with Crippen LogP contribution >= 0.6 is 0 Å². The van der Waals surface area contributed by atoms with Crippen LogP contribution in [-0.4, -0.2) is 15.7 Å². The summed E-state index contributed by atoms with van der Waals surface area (Å²) in [6.45, 7) is 1.93. The van der Waals surface area contributed by atoms with Gasteiger partial charge in [-0.2, -0.15) is 5.10 Å². The monoisotopic (exact) mass is 244 g/mol. The van der Waals surface area contributed by atoms with Gasteiger partial charge in [0.15, 0.2) is 0 Å². The molecular formula is C13H16N4O. The molecule has 0 fully saturated rings. The quantitative estimate of drug-likeness (QED) is 0.803. The predicted octanol–water partition coefficient (Wildman–Crippen LogP) is 1.49. The summed E-state index contributed by atoms with van der Waals surface area (Å²) in [4.78, 5) is 11.9. The van der Waals surface area contributed by atoms with Crippen molar-refractivity contribution in [3.8, 4) is 0 Å². The first-order chi connectivity index (χ1) is 8.56. The zero-order valence-electron chi connectivity index (χ0n) is 10.4. The molecule has 94 valence electrons. The Balaban J connectivity index is 2.05. The molecule has 1 aromatic carbocycles. The Morgan fingerprint density at radius 1 is 1.39 bits per heavy atom. The molecule has 1 amide bonds. The molecule has 5 heteroatoms. The van der Waals surface area contributed by atoms with Crippen LogP contribution in [0.4, 0.5) is 5.69 Å². The molecule has 1 heterocycles. The number of benzene rings is 1. The van der Waals surface area contributed by atoms with Crippen molar-refractivity contribution >= 4 is 11.6 Å². The van der Waals surface area contributed by atoms with Crippen LogP contribution in [0.25, 0.3) is 0 Å². The van der Waals surface area contributed by atoms with Crippen LogP contribution in [0.15, 0.2) is 36.7 Å². The average Bonchev–Trinajstić information content (AvgIpc) is 2.76. The number of aromatic nitrogens is 2. The summed E-state index contributed by atoms with van der Waals surface area (Å²) in [5.74, 6) is -0.132. The summed E-state index contributed by atoms with van der Waals surface area (Å²) in [6, 6.07) is 7.38. The van der Waals surface area contributed by atoms with E-state index in [-0.39, 0.29) is 11.9 Å². The Labute approximate surface area is 106 Å². The number of rotatable bonds is 3. The highest BCUT2D eigenvalue weighted by atomic mass is 16.1. The number of aryl methyl sites for hydroxylation is 1. The molecule has 1 aromatic heterocycles. The lowest BCUT2D eigenvalue weighted by molar-refractivity contribution is 0.0940. The fourth-order valence-electron chi connectivity index (χ4n) is 1.69. The van der Waals surface area contributed by atoms with E-state index in [9.17, 15) is 4.79 Å². The highest BCUT2D eigenvalue weighted by Gasteiger charge is 2.12. The molecule has 2 aromatic rings. The van der Waals surface area contributed by atoms with Gasteiger partial charge in [-0.3, -0.25) is 9.48 Å². The van der Waals surface area contributed by atoms with Crippen LogP contribution in [0.5, 0.6) is 0 Å². The van der Waals surface area contributed by atoms with Gasteiger partial charge in [0, 0.05) is 18.9 Å². The summed E-state index contributed by atoms with van der Waals surface area (Å²) >= 11 is 0. The highest BCUT2D eigenvalue weighted by molar-refractivity contribution is 5.93. The molecule has 0 saturated heterocycles. The molecule has 3 N–H and O–H groups in total. The number of nitrogen functional groups attached to an aromatic ring is 1. The van der Waals surface area contributed by atoms with Gasteiger partial charge in [0.25, 0.3) is 5.91 Å². The van der Waals surface area contributed by atoms with Crippen molar-refractivity contribution in [1.29, 1.82) is 0 Å². The average molecular weight is 244 g/mol. The zero-order chi connectivity index (χ0) is 13.1. The zero-order valence-corrected chi connectivity index (χ0v) is 10.4. The van der Waals surface area contributed by atoms with E-state index in [1.54, 1.807) is 24.1 Å².